The van der Waals surface area contributed by atoms with E-state index in [9.17, 15) is 14.0 Å². The van der Waals surface area contributed by atoms with Crippen molar-refractivity contribution >= 4 is 62.5 Å². The number of rotatable bonds is 3. The van der Waals surface area contributed by atoms with Gasteiger partial charge in [-0.15, -0.1) is 0 Å². The molecule has 0 bridgehead atoms. The smallest absolute Gasteiger partial charge is 0.270 e. The second kappa shape index (κ2) is 8.04. The second-order valence-electron chi connectivity index (χ2n) is 6.84. The van der Waals surface area contributed by atoms with Crippen molar-refractivity contribution in [1.82, 2.24) is 5.32 Å². The lowest BCUT2D eigenvalue weighted by Crippen LogP contribution is -2.54. The molecule has 29 heavy (non-hydrogen) atoms. The molecule has 0 unspecified atom stereocenters. The monoisotopic (exact) mass is 473 g/mol. The maximum absolute atomic E-state index is 14.6. The Morgan fingerprint density at radius 2 is 1.76 bits per heavy atom. The van der Waals surface area contributed by atoms with Crippen LogP contribution in [0.1, 0.15) is 18.4 Å². The van der Waals surface area contributed by atoms with Crippen LogP contribution >= 0.6 is 28.1 Å². The molecule has 1 N–H and O–H groups in total. The molecule has 0 atom stereocenters. The third kappa shape index (κ3) is 3.95. The van der Waals surface area contributed by atoms with E-state index >= 15 is 0 Å². The van der Waals surface area contributed by atoms with Gasteiger partial charge in [-0.1, -0.05) is 22.0 Å². The fourth-order valence-electron chi connectivity index (χ4n) is 3.48. The summed E-state index contributed by atoms with van der Waals surface area (Å²) in [7, 11) is 0. The summed E-state index contributed by atoms with van der Waals surface area (Å²) in [6, 6.07) is 11.7. The van der Waals surface area contributed by atoms with Crippen molar-refractivity contribution in [3.8, 4) is 0 Å². The second-order valence-corrected chi connectivity index (χ2v) is 8.14. The van der Waals surface area contributed by atoms with Gasteiger partial charge in [0.05, 0.1) is 11.4 Å². The Hall–Kier alpha value is -2.58. The number of hydrogen-bond acceptors (Lipinski definition) is 4. The first-order valence-corrected chi connectivity index (χ1v) is 10.4. The zero-order chi connectivity index (χ0) is 20.5. The number of nitrogens with one attached hydrogen (secondary N) is 1. The van der Waals surface area contributed by atoms with E-state index in [-0.39, 0.29) is 16.5 Å². The molecule has 2 aliphatic heterocycles. The number of carbonyl (C=O) groups excluding carboxylic acids is 2. The number of thiocarbonyl (C=S) groups is 1. The van der Waals surface area contributed by atoms with Crippen LogP contribution in [0.3, 0.4) is 0 Å². The zero-order valence-corrected chi connectivity index (χ0v) is 17.7. The van der Waals surface area contributed by atoms with Gasteiger partial charge in [0.1, 0.15) is 11.4 Å². The molecule has 8 heteroatoms. The summed E-state index contributed by atoms with van der Waals surface area (Å²) < 4.78 is 15.5. The highest BCUT2D eigenvalue weighted by Crippen LogP contribution is 2.27. The average Bonchev–Trinajstić information content (AvgIpc) is 3.21. The summed E-state index contributed by atoms with van der Waals surface area (Å²) in [5, 5.41) is 2.54. The van der Waals surface area contributed by atoms with Gasteiger partial charge in [-0.05, 0) is 73.1 Å². The van der Waals surface area contributed by atoms with E-state index in [4.69, 9.17) is 12.2 Å². The standard InChI is InChI=1S/C21H17BrFN3O2S/c22-14-4-6-15(7-5-14)26-20(28)16(19(27)24-21(26)29)11-13-3-8-18(17(23)12-13)25-9-1-2-10-25/h3-8,11-12H,1-2,9-10H2,(H,24,27,29)/b16-11-. The average molecular weight is 474 g/mol. The van der Waals surface area contributed by atoms with E-state index in [0.29, 0.717) is 16.9 Å². The van der Waals surface area contributed by atoms with E-state index in [2.05, 4.69) is 21.2 Å². The number of anilines is 2. The molecule has 0 aromatic heterocycles. The topological polar surface area (TPSA) is 52.7 Å². The fraction of sp³-hybridized carbons (Fsp3) is 0.190. The van der Waals surface area contributed by atoms with Crippen LogP contribution in [0.2, 0.25) is 0 Å². The van der Waals surface area contributed by atoms with Gasteiger partial charge >= 0.3 is 0 Å². The molecule has 2 saturated heterocycles. The Morgan fingerprint density at radius 3 is 2.41 bits per heavy atom. The first-order chi connectivity index (χ1) is 13.9. The highest BCUT2D eigenvalue weighted by molar-refractivity contribution is 9.10. The minimum atomic E-state index is -0.600. The fourth-order valence-corrected chi connectivity index (χ4v) is 4.02. The number of halogens is 2. The maximum Gasteiger partial charge on any atom is 0.270 e. The van der Waals surface area contributed by atoms with Crippen molar-refractivity contribution in [1.29, 1.82) is 0 Å². The van der Waals surface area contributed by atoms with E-state index in [0.717, 1.165) is 30.4 Å². The molecule has 2 heterocycles. The first kappa shape index (κ1) is 19.7. The van der Waals surface area contributed by atoms with Gasteiger partial charge in [0.2, 0.25) is 0 Å². The Morgan fingerprint density at radius 1 is 1.07 bits per heavy atom. The van der Waals surface area contributed by atoms with E-state index < -0.39 is 11.8 Å². The van der Waals surface area contributed by atoms with Gasteiger partial charge in [0.15, 0.2) is 5.11 Å². The molecule has 5 nitrogen and oxygen atoms in total. The molecular formula is C21H17BrFN3O2S. The quantitative estimate of drug-likeness (QED) is 0.415. The predicted octanol–water partition coefficient (Wildman–Crippen LogP) is 4.02. The van der Waals surface area contributed by atoms with Gasteiger partial charge in [-0.2, -0.15) is 0 Å². The molecule has 0 aliphatic carbocycles. The van der Waals surface area contributed by atoms with Crippen molar-refractivity contribution in [2.24, 2.45) is 0 Å². The molecular weight excluding hydrogens is 457 g/mol. The Bertz CT molecular complexity index is 1030. The number of hydrogen-bond donors (Lipinski definition) is 1. The highest BCUT2D eigenvalue weighted by Gasteiger charge is 2.34. The van der Waals surface area contributed by atoms with Crippen molar-refractivity contribution in [2.45, 2.75) is 12.8 Å². The molecule has 0 radical (unpaired) electrons. The lowest BCUT2D eigenvalue weighted by atomic mass is 10.1. The van der Waals surface area contributed by atoms with Gasteiger partial charge in [0.25, 0.3) is 11.8 Å². The van der Waals surface area contributed by atoms with Crippen LogP contribution in [0, 0.1) is 5.82 Å². The minimum Gasteiger partial charge on any atom is -0.369 e. The summed E-state index contributed by atoms with van der Waals surface area (Å²) in [6.45, 7) is 1.66. The normalized spacial score (nSPS) is 18.6. The molecule has 2 aromatic rings. The molecule has 2 fully saturated rings. The summed E-state index contributed by atoms with van der Waals surface area (Å²) in [5.41, 5.74) is 1.41. The van der Waals surface area contributed by atoms with E-state index in [1.165, 1.54) is 17.0 Å². The van der Waals surface area contributed by atoms with Crippen molar-refractivity contribution < 1.29 is 14.0 Å². The third-order valence-electron chi connectivity index (χ3n) is 4.92. The van der Waals surface area contributed by atoms with Crippen LogP contribution in [0.4, 0.5) is 15.8 Å². The summed E-state index contributed by atoms with van der Waals surface area (Å²) in [4.78, 5) is 28.6. The summed E-state index contributed by atoms with van der Waals surface area (Å²) in [5.74, 6) is -1.52. The first-order valence-electron chi connectivity index (χ1n) is 9.15. The molecule has 2 aliphatic rings. The predicted molar refractivity (Wildman–Crippen MR) is 118 cm³/mol. The van der Waals surface area contributed by atoms with Gasteiger partial charge in [0, 0.05) is 17.6 Å². The molecule has 0 spiro atoms. The minimum absolute atomic E-state index is 0.00929. The van der Waals surface area contributed by atoms with Crippen LogP contribution in [0.25, 0.3) is 6.08 Å². The van der Waals surface area contributed by atoms with Crippen LogP contribution in [-0.4, -0.2) is 30.0 Å². The summed E-state index contributed by atoms with van der Waals surface area (Å²) >= 11 is 8.53. The molecule has 4 rings (SSSR count). The van der Waals surface area contributed by atoms with Crippen LogP contribution in [0.5, 0.6) is 0 Å². The number of carbonyl (C=O) groups is 2. The van der Waals surface area contributed by atoms with Crippen LogP contribution in [0.15, 0.2) is 52.5 Å². The molecule has 0 saturated carbocycles. The van der Waals surface area contributed by atoms with E-state index in [1.54, 1.807) is 36.4 Å². The lowest BCUT2D eigenvalue weighted by Gasteiger charge is -2.29. The number of nitrogens with zero attached hydrogens (tertiary/aromatic N) is 2. The Kier molecular flexibility index (Phi) is 5.47. The zero-order valence-electron chi connectivity index (χ0n) is 15.3. The van der Waals surface area contributed by atoms with Crippen molar-refractivity contribution in [2.75, 3.05) is 22.9 Å². The largest absolute Gasteiger partial charge is 0.369 e. The number of amides is 2. The maximum atomic E-state index is 14.6. The Balaban J connectivity index is 1.65. The number of benzene rings is 2. The Labute approximate surface area is 181 Å². The van der Waals surface area contributed by atoms with Crippen molar-refractivity contribution in [3.05, 3.63) is 63.9 Å². The third-order valence-corrected chi connectivity index (χ3v) is 5.73. The van der Waals surface area contributed by atoms with Crippen LogP contribution in [-0.2, 0) is 9.59 Å². The molecule has 2 amide bonds. The van der Waals surface area contributed by atoms with Gasteiger partial charge in [-0.25, -0.2) is 4.39 Å². The van der Waals surface area contributed by atoms with Gasteiger partial charge in [-0.3, -0.25) is 19.8 Å². The molecule has 148 valence electrons. The SMILES string of the molecule is O=C1NC(=S)N(c2ccc(Br)cc2)C(=O)/C1=C\c1ccc(N2CCCC2)c(F)c1. The lowest BCUT2D eigenvalue weighted by molar-refractivity contribution is -0.122. The van der Waals surface area contributed by atoms with E-state index in [1.807, 2.05) is 4.90 Å². The molecule has 2 aromatic carbocycles. The highest BCUT2D eigenvalue weighted by atomic mass is 79.9. The van der Waals surface area contributed by atoms with Crippen LogP contribution < -0.4 is 15.1 Å². The summed E-state index contributed by atoms with van der Waals surface area (Å²) in [6.07, 6.45) is 3.49. The van der Waals surface area contributed by atoms with Gasteiger partial charge < -0.3 is 4.90 Å². The van der Waals surface area contributed by atoms with Crippen molar-refractivity contribution in [3.63, 3.8) is 0 Å².